The molecule has 0 amide bonds. The van der Waals surface area contributed by atoms with Gasteiger partial charge >= 0.3 is 11.9 Å². The number of carboxylic acid groups (broad SMARTS) is 2. The van der Waals surface area contributed by atoms with Crippen LogP contribution in [0.5, 0.6) is 0 Å². The molecule has 256 valence electrons. The van der Waals surface area contributed by atoms with Gasteiger partial charge in [-0.1, -0.05) is 181 Å². The third kappa shape index (κ3) is 25.5. The van der Waals surface area contributed by atoms with Crippen molar-refractivity contribution in [2.45, 2.75) is 204 Å². The molecule has 0 saturated heterocycles. The lowest BCUT2D eigenvalue weighted by Gasteiger charge is -2.28. The highest BCUT2D eigenvalue weighted by Crippen LogP contribution is 2.36. The van der Waals surface area contributed by atoms with Gasteiger partial charge < -0.3 is 15.3 Å². The second kappa shape index (κ2) is 31.6. The van der Waals surface area contributed by atoms with Crippen LogP contribution < -0.4 is 0 Å². The van der Waals surface area contributed by atoms with Crippen LogP contribution >= 0.6 is 23.5 Å². The van der Waals surface area contributed by atoms with Crippen molar-refractivity contribution in [2.75, 3.05) is 11.5 Å². The third-order valence-electron chi connectivity index (χ3n) is 8.49. The number of thioether (sulfide) groups is 2. The third-order valence-corrected chi connectivity index (χ3v) is 11.4. The van der Waals surface area contributed by atoms with Gasteiger partial charge in [-0.05, 0) is 24.3 Å². The normalized spacial score (nSPS) is 13.7. The second-order valence-corrected chi connectivity index (χ2v) is 15.2. The summed E-state index contributed by atoms with van der Waals surface area (Å²) < 4.78 is 0. The Labute approximate surface area is 274 Å². The standard InChI is InChI=1S/C36H70O5S2/c1-3-5-7-9-11-13-15-17-19-21-23-25-27-29-31-42-33(34(37)38)36(41,35(39)40)43-32-30-28-26-24-22-20-18-16-14-12-10-8-6-4-2/h33,41H,3-32H2,1-2H3,(H,37,38)(H,39,40). The van der Waals surface area contributed by atoms with E-state index in [4.69, 9.17) is 0 Å². The summed E-state index contributed by atoms with van der Waals surface area (Å²) in [6, 6.07) is 0. The predicted octanol–water partition coefficient (Wildman–Crippen LogP) is 11.6. The average Bonchev–Trinajstić information content (AvgIpc) is 2.98. The number of carboxylic acids is 2. The number of rotatable bonds is 35. The highest BCUT2D eigenvalue weighted by Gasteiger charge is 2.49. The van der Waals surface area contributed by atoms with Crippen LogP contribution in [0.25, 0.3) is 0 Å². The number of aliphatic hydroxyl groups is 1. The van der Waals surface area contributed by atoms with Gasteiger partial charge in [-0.15, -0.1) is 23.5 Å². The maximum Gasteiger partial charge on any atom is 0.348 e. The largest absolute Gasteiger partial charge is 0.480 e. The van der Waals surface area contributed by atoms with E-state index in [0.29, 0.717) is 11.5 Å². The first-order valence-electron chi connectivity index (χ1n) is 18.3. The molecule has 0 aliphatic rings. The Bertz CT molecular complexity index is 633. The monoisotopic (exact) mass is 646 g/mol. The molecule has 7 heteroatoms. The molecule has 0 saturated carbocycles. The van der Waals surface area contributed by atoms with Gasteiger partial charge in [0.05, 0.1) is 0 Å². The second-order valence-electron chi connectivity index (χ2n) is 12.6. The minimum atomic E-state index is -2.29. The highest BCUT2D eigenvalue weighted by molar-refractivity contribution is 8.05. The molecule has 0 aromatic heterocycles. The van der Waals surface area contributed by atoms with Gasteiger partial charge in [0.2, 0.25) is 4.93 Å². The van der Waals surface area contributed by atoms with Crippen LogP contribution in [0.3, 0.4) is 0 Å². The van der Waals surface area contributed by atoms with Crippen molar-refractivity contribution in [1.29, 1.82) is 0 Å². The van der Waals surface area contributed by atoms with Crippen LogP contribution in [0, 0.1) is 0 Å². The van der Waals surface area contributed by atoms with Crippen LogP contribution in [-0.2, 0) is 9.59 Å². The van der Waals surface area contributed by atoms with Gasteiger partial charge in [-0.3, -0.25) is 4.79 Å². The van der Waals surface area contributed by atoms with E-state index in [2.05, 4.69) is 13.8 Å². The zero-order chi connectivity index (χ0) is 31.9. The number of hydrogen-bond donors (Lipinski definition) is 3. The summed E-state index contributed by atoms with van der Waals surface area (Å²) in [4.78, 5) is 21.6. The van der Waals surface area contributed by atoms with Gasteiger partial charge in [0.15, 0.2) is 5.25 Å². The van der Waals surface area contributed by atoms with Crippen LogP contribution in [0.4, 0.5) is 0 Å². The molecule has 0 heterocycles. The van der Waals surface area contributed by atoms with Crippen LogP contribution in [0.15, 0.2) is 0 Å². The molecular weight excluding hydrogens is 577 g/mol. The Kier molecular flexibility index (Phi) is 31.3. The fourth-order valence-electron chi connectivity index (χ4n) is 5.62. The molecule has 0 spiro atoms. The summed E-state index contributed by atoms with van der Waals surface area (Å²) in [6.45, 7) is 4.51. The molecular formula is C36H70O5S2. The Morgan fingerprint density at radius 3 is 1.05 bits per heavy atom. The average molecular weight is 647 g/mol. The van der Waals surface area contributed by atoms with Crippen molar-refractivity contribution in [3.8, 4) is 0 Å². The summed E-state index contributed by atoms with van der Waals surface area (Å²) in [7, 11) is 0. The number of aliphatic carboxylic acids is 2. The summed E-state index contributed by atoms with van der Waals surface area (Å²) in [5, 5.41) is 29.0. The van der Waals surface area contributed by atoms with E-state index in [0.717, 1.165) is 62.0 Å². The SMILES string of the molecule is CCCCCCCCCCCCCCCCSC(C(=O)O)C(O)(SCCCCCCCCCCCCCCCC)C(=O)O. The molecule has 3 N–H and O–H groups in total. The zero-order valence-electron chi connectivity index (χ0n) is 28.3. The quantitative estimate of drug-likeness (QED) is 0.0466. The molecule has 0 aromatic carbocycles. The molecule has 0 rings (SSSR count). The van der Waals surface area contributed by atoms with Crippen molar-refractivity contribution in [3.63, 3.8) is 0 Å². The van der Waals surface area contributed by atoms with E-state index in [9.17, 15) is 24.9 Å². The van der Waals surface area contributed by atoms with Gasteiger partial charge in [0.25, 0.3) is 0 Å². The van der Waals surface area contributed by atoms with E-state index >= 15 is 0 Å². The maximum absolute atomic E-state index is 12.0. The van der Waals surface area contributed by atoms with E-state index in [1.54, 1.807) is 0 Å². The lowest BCUT2D eigenvalue weighted by molar-refractivity contribution is -0.155. The number of carbonyl (C=O) groups is 2. The molecule has 2 unspecified atom stereocenters. The Morgan fingerprint density at radius 1 is 0.488 bits per heavy atom. The van der Waals surface area contributed by atoms with Crippen molar-refractivity contribution >= 4 is 35.5 Å². The molecule has 0 aliphatic heterocycles. The van der Waals surface area contributed by atoms with Crippen molar-refractivity contribution in [2.24, 2.45) is 0 Å². The molecule has 5 nitrogen and oxygen atoms in total. The Balaban J connectivity index is 3.93. The van der Waals surface area contributed by atoms with Crippen LogP contribution in [0.1, 0.15) is 194 Å². The molecule has 0 aliphatic carbocycles. The van der Waals surface area contributed by atoms with Crippen molar-refractivity contribution < 1.29 is 24.9 Å². The van der Waals surface area contributed by atoms with Crippen LogP contribution in [-0.4, -0.2) is 48.9 Å². The van der Waals surface area contributed by atoms with Gasteiger partial charge in [0, 0.05) is 0 Å². The van der Waals surface area contributed by atoms with E-state index < -0.39 is 22.1 Å². The smallest absolute Gasteiger partial charge is 0.348 e. The minimum absolute atomic E-state index is 0.462. The van der Waals surface area contributed by atoms with Gasteiger partial charge in [-0.25, -0.2) is 4.79 Å². The van der Waals surface area contributed by atoms with Gasteiger partial charge in [-0.2, -0.15) is 0 Å². The lowest BCUT2D eigenvalue weighted by Crippen LogP contribution is -2.49. The number of hydrogen-bond acceptors (Lipinski definition) is 5. The maximum atomic E-state index is 12.0. The molecule has 0 radical (unpaired) electrons. The molecule has 0 fully saturated rings. The van der Waals surface area contributed by atoms with E-state index in [-0.39, 0.29) is 0 Å². The minimum Gasteiger partial charge on any atom is -0.480 e. The highest BCUT2D eigenvalue weighted by atomic mass is 32.2. The van der Waals surface area contributed by atoms with Crippen molar-refractivity contribution in [3.05, 3.63) is 0 Å². The van der Waals surface area contributed by atoms with Crippen molar-refractivity contribution in [1.82, 2.24) is 0 Å². The first-order valence-corrected chi connectivity index (χ1v) is 20.4. The summed E-state index contributed by atoms with van der Waals surface area (Å²) >= 11 is 1.98. The fourth-order valence-corrected chi connectivity index (χ4v) is 8.14. The van der Waals surface area contributed by atoms with Gasteiger partial charge in [0.1, 0.15) is 0 Å². The van der Waals surface area contributed by atoms with Crippen LogP contribution in [0.2, 0.25) is 0 Å². The van der Waals surface area contributed by atoms with E-state index in [1.165, 1.54) is 141 Å². The first-order chi connectivity index (χ1) is 20.9. The molecule has 0 aromatic rings. The molecule has 2 atom stereocenters. The molecule has 43 heavy (non-hydrogen) atoms. The predicted molar refractivity (Wildman–Crippen MR) is 190 cm³/mol. The number of unbranched alkanes of at least 4 members (excludes halogenated alkanes) is 26. The molecule has 0 bridgehead atoms. The zero-order valence-corrected chi connectivity index (χ0v) is 29.9. The summed E-state index contributed by atoms with van der Waals surface area (Å²) in [5.41, 5.74) is 0. The summed E-state index contributed by atoms with van der Waals surface area (Å²) in [5.74, 6) is -1.66. The lowest BCUT2D eigenvalue weighted by atomic mass is 10.0. The Hall–Kier alpha value is -0.400. The topological polar surface area (TPSA) is 94.8 Å². The summed E-state index contributed by atoms with van der Waals surface area (Å²) in [6.07, 6.45) is 35.1. The Morgan fingerprint density at radius 2 is 0.767 bits per heavy atom. The first kappa shape index (κ1) is 42.6. The van der Waals surface area contributed by atoms with E-state index in [1.807, 2.05) is 0 Å². The fraction of sp³-hybridized carbons (Fsp3) is 0.944.